The van der Waals surface area contributed by atoms with Crippen molar-refractivity contribution < 1.29 is 18.0 Å². The van der Waals surface area contributed by atoms with Crippen LogP contribution in [0.3, 0.4) is 0 Å². The Labute approximate surface area is 166 Å². The first-order valence-corrected chi connectivity index (χ1v) is 9.40. The minimum Gasteiger partial charge on any atom is -0.333 e. The van der Waals surface area contributed by atoms with Crippen molar-refractivity contribution >= 4 is 11.5 Å². The summed E-state index contributed by atoms with van der Waals surface area (Å²) in [6.07, 6.45) is 4.27. The highest BCUT2D eigenvalue weighted by Crippen LogP contribution is 2.44. The van der Waals surface area contributed by atoms with Gasteiger partial charge in [0.25, 0.3) is 5.91 Å². The number of allylic oxidation sites excluding steroid dienone is 3. The largest absolute Gasteiger partial charge is 0.416 e. The molecule has 1 aliphatic heterocycles. The number of amides is 1. The van der Waals surface area contributed by atoms with Crippen LogP contribution in [0.15, 0.2) is 60.6 Å². The lowest BCUT2D eigenvalue weighted by Gasteiger charge is -2.43. The summed E-state index contributed by atoms with van der Waals surface area (Å²) in [5, 5.41) is 0. The molecule has 2 heterocycles. The molecule has 0 radical (unpaired) electrons. The van der Waals surface area contributed by atoms with Crippen molar-refractivity contribution in [2.45, 2.75) is 25.9 Å². The Bertz CT molecular complexity index is 981. The number of benzene rings is 1. The zero-order chi connectivity index (χ0) is 20.6. The smallest absolute Gasteiger partial charge is 0.333 e. The van der Waals surface area contributed by atoms with Crippen LogP contribution in [-0.4, -0.2) is 33.9 Å². The molecule has 1 aliphatic carbocycles. The molecule has 29 heavy (non-hydrogen) atoms. The van der Waals surface area contributed by atoms with Crippen molar-refractivity contribution in [3.8, 4) is 0 Å². The van der Waals surface area contributed by atoms with Gasteiger partial charge in [-0.2, -0.15) is 13.2 Å². The van der Waals surface area contributed by atoms with Crippen LogP contribution in [0.1, 0.15) is 41.4 Å². The van der Waals surface area contributed by atoms with E-state index in [2.05, 4.69) is 23.0 Å². The van der Waals surface area contributed by atoms with Gasteiger partial charge in [0.1, 0.15) is 12.0 Å². The summed E-state index contributed by atoms with van der Waals surface area (Å²) in [6.45, 7) is 3.29. The normalized spacial score (nSPS) is 21.9. The monoisotopic (exact) mass is 399 g/mol. The molecule has 4 rings (SSSR count). The van der Waals surface area contributed by atoms with Crippen molar-refractivity contribution in [2.75, 3.05) is 13.1 Å². The van der Waals surface area contributed by atoms with Gasteiger partial charge < -0.3 is 4.90 Å². The Kier molecular flexibility index (Phi) is 4.76. The van der Waals surface area contributed by atoms with E-state index in [9.17, 15) is 18.0 Å². The molecule has 150 valence electrons. The molecular weight excluding hydrogens is 379 g/mol. The van der Waals surface area contributed by atoms with E-state index in [0.717, 1.165) is 41.7 Å². The fourth-order valence-corrected chi connectivity index (χ4v) is 3.86. The third kappa shape index (κ3) is 3.81. The second-order valence-electron chi connectivity index (χ2n) is 7.74. The van der Waals surface area contributed by atoms with E-state index >= 15 is 0 Å². The fourth-order valence-electron chi connectivity index (χ4n) is 3.86. The van der Waals surface area contributed by atoms with Gasteiger partial charge in [0.05, 0.1) is 5.56 Å². The van der Waals surface area contributed by atoms with Gasteiger partial charge in [-0.25, -0.2) is 9.97 Å². The predicted molar refractivity (Wildman–Crippen MR) is 103 cm³/mol. The van der Waals surface area contributed by atoms with Gasteiger partial charge in [0.2, 0.25) is 0 Å². The average Bonchev–Trinajstić information content (AvgIpc) is 2.72. The summed E-state index contributed by atoms with van der Waals surface area (Å²) in [5.41, 5.74) is 2.41. The molecule has 0 spiro atoms. The van der Waals surface area contributed by atoms with Crippen LogP contribution in [0.5, 0.6) is 0 Å². The number of nitrogens with zero attached hydrogens (tertiary/aromatic N) is 3. The first-order chi connectivity index (χ1) is 13.8. The number of piperidine rings is 1. The molecule has 0 N–H and O–H groups in total. The van der Waals surface area contributed by atoms with E-state index < -0.39 is 11.7 Å². The molecule has 4 nitrogen and oxygen atoms in total. The van der Waals surface area contributed by atoms with Gasteiger partial charge >= 0.3 is 6.18 Å². The SMILES string of the molecule is CC12CC=C(c3ccc(C(F)(F)F)cc3)C=C1CN(C(=O)c1ccncn1)CC2. The predicted octanol–water partition coefficient (Wildman–Crippen LogP) is 4.76. The summed E-state index contributed by atoms with van der Waals surface area (Å²) in [6, 6.07) is 6.81. The highest BCUT2D eigenvalue weighted by molar-refractivity contribution is 5.92. The van der Waals surface area contributed by atoms with Crippen LogP contribution < -0.4 is 0 Å². The van der Waals surface area contributed by atoms with Gasteiger partial charge in [0.15, 0.2) is 0 Å². The molecule has 2 aliphatic rings. The molecule has 2 aromatic rings. The van der Waals surface area contributed by atoms with Crippen LogP contribution in [0.2, 0.25) is 0 Å². The molecule has 1 saturated heterocycles. The van der Waals surface area contributed by atoms with Gasteiger partial charge in [0, 0.05) is 19.3 Å². The second-order valence-corrected chi connectivity index (χ2v) is 7.74. The van der Waals surface area contributed by atoms with Crippen LogP contribution in [-0.2, 0) is 6.18 Å². The van der Waals surface area contributed by atoms with Gasteiger partial charge in [-0.1, -0.05) is 31.2 Å². The molecule has 1 aromatic heterocycles. The molecule has 1 atom stereocenters. The quantitative estimate of drug-likeness (QED) is 0.731. The maximum absolute atomic E-state index is 12.8. The van der Waals surface area contributed by atoms with Crippen molar-refractivity contribution in [1.82, 2.24) is 14.9 Å². The number of carbonyl (C=O) groups excluding carboxylic acids is 1. The Hall–Kier alpha value is -2.96. The van der Waals surface area contributed by atoms with Crippen LogP contribution >= 0.6 is 0 Å². The van der Waals surface area contributed by atoms with E-state index in [0.29, 0.717) is 18.8 Å². The highest BCUT2D eigenvalue weighted by atomic mass is 19.4. The molecule has 1 aromatic carbocycles. The van der Waals surface area contributed by atoms with Crippen LogP contribution in [0.25, 0.3) is 5.57 Å². The first-order valence-electron chi connectivity index (χ1n) is 9.40. The number of fused-ring (bicyclic) bond motifs is 1. The van der Waals surface area contributed by atoms with Gasteiger partial charge in [-0.05, 0) is 53.2 Å². The van der Waals surface area contributed by atoms with E-state index in [1.807, 2.05) is 6.08 Å². The van der Waals surface area contributed by atoms with E-state index in [1.165, 1.54) is 18.5 Å². The Morgan fingerprint density at radius 1 is 1.17 bits per heavy atom. The van der Waals surface area contributed by atoms with Gasteiger partial charge in [-0.3, -0.25) is 4.79 Å². The Morgan fingerprint density at radius 2 is 1.93 bits per heavy atom. The lowest BCUT2D eigenvalue weighted by Crippen LogP contribution is -2.44. The number of likely N-dealkylation sites (tertiary alicyclic amines) is 1. The van der Waals surface area contributed by atoms with Crippen molar-refractivity contribution in [1.29, 1.82) is 0 Å². The van der Waals surface area contributed by atoms with Gasteiger partial charge in [-0.15, -0.1) is 0 Å². The number of aromatic nitrogens is 2. The van der Waals surface area contributed by atoms with E-state index in [-0.39, 0.29) is 11.3 Å². The summed E-state index contributed by atoms with van der Waals surface area (Å²) in [5.74, 6) is -0.138. The Balaban J connectivity index is 1.57. The minimum atomic E-state index is -4.35. The van der Waals surface area contributed by atoms with Crippen LogP contribution in [0, 0.1) is 5.41 Å². The number of rotatable bonds is 2. The summed E-state index contributed by atoms with van der Waals surface area (Å²) < 4.78 is 38.5. The minimum absolute atomic E-state index is 0.0438. The molecule has 1 fully saturated rings. The van der Waals surface area contributed by atoms with E-state index in [1.54, 1.807) is 17.2 Å². The molecule has 0 saturated carbocycles. The number of hydrogen-bond acceptors (Lipinski definition) is 3. The molecule has 7 heteroatoms. The topological polar surface area (TPSA) is 46.1 Å². The second kappa shape index (κ2) is 7.13. The van der Waals surface area contributed by atoms with E-state index in [4.69, 9.17) is 0 Å². The van der Waals surface area contributed by atoms with Crippen molar-refractivity contribution in [3.63, 3.8) is 0 Å². The molecule has 1 amide bonds. The average molecular weight is 399 g/mol. The van der Waals surface area contributed by atoms with Crippen molar-refractivity contribution in [3.05, 3.63) is 77.4 Å². The first kappa shape index (κ1) is 19.4. The lowest BCUT2D eigenvalue weighted by molar-refractivity contribution is -0.137. The highest BCUT2D eigenvalue weighted by Gasteiger charge is 2.37. The standard InChI is InChI=1S/C22H20F3N3O/c1-21-8-6-16(15-2-4-17(5-3-15)22(23,24)25)12-18(21)13-28(11-9-21)20(29)19-7-10-26-14-27-19/h2-7,10,12,14H,8-9,11,13H2,1H3. The number of alkyl halides is 3. The zero-order valence-electron chi connectivity index (χ0n) is 15.9. The van der Waals surface area contributed by atoms with Crippen LogP contribution in [0.4, 0.5) is 13.2 Å². The summed E-state index contributed by atoms with van der Waals surface area (Å²) in [7, 11) is 0. The lowest BCUT2D eigenvalue weighted by atomic mass is 9.70. The third-order valence-corrected chi connectivity index (χ3v) is 5.81. The summed E-state index contributed by atoms with van der Waals surface area (Å²) >= 11 is 0. The third-order valence-electron chi connectivity index (χ3n) is 5.81. The molecular formula is C22H20F3N3O. The zero-order valence-corrected chi connectivity index (χ0v) is 15.9. The van der Waals surface area contributed by atoms with Crippen molar-refractivity contribution in [2.24, 2.45) is 5.41 Å². The number of carbonyl (C=O) groups is 1. The Morgan fingerprint density at radius 3 is 2.59 bits per heavy atom. The number of halogens is 3. The molecule has 1 unspecified atom stereocenters. The summed E-state index contributed by atoms with van der Waals surface area (Å²) in [4.78, 5) is 22.4. The maximum atomic E-state index is 12.8. The number of hydrogen-bond donors (Lipinski definition) is 0. The fraction of sp³-hybridized carbons (Fsp3) is 0.318. The maximum Gasteiger partial charge on any atom is 0.416 e. The molecule has 0 bridgehead atoms.